The Morgan fingerprint density at radius 1 is 1.24 bits per heavy atom. The highest BCUT2D eigenvalue weighted by molar-refractivity contribution is 7.16. The monoisotopic (exact) mass is 410 g/mol. The van der Waals surface area contributed by atoms with Crippen LogP contribution in [0.5, 0.6) is 5.75 Å². The number of hydrogen-bond acceptors (Lipinski definition) is 4. The molecule has 0 aliphatic heterocycles. The molecule has 1 N–H and O–H groups in total. The summed E-state index contributed by atoms with van der Waals surface area (Å²) in [6.07, 6.45) is 6.37. The standard InChI is InChI=1S/C24H30N2O2S/c1-4-24(2,3)17-11-13-18(14-12-17)28-15-7-10-22(27)26-23-20(16-25)19-8-5-6-9-21(19)29-23/h11-14H,4-10,15H2,1-3H3,(H,26,27). The van der Waals surface area contributed by atoms with E-state index in [1.165, 1.54) is 16.9 Å². The van der Waals surface area contributed by atoms with Crippen molar-refractivity contribution in [3.05, 3.63) is 45.8 Å². The van der Waals surface area contributed by atoms with Gasteiger partial charge in [0.15, 0.2) is 0 Å². The van der Waals surface area contributed by atoms with Gasteiger partial charge < -0.3 is 10.1 Å². The van der Waals surface area contributed by atoms with Crippen LogP contribution in [0, 0.1) is 11.3 Å². The Morgan fingerprint density at radius 2 is 1.97 bits per heavy atom. The van der Waals surface area contributed by atoms with Crippen molar-refractivity contribution in [3.63, 3.8) is 0 Å². The van der Waals surface area contributed by atoms with Crippen LogP contribution in [0.25, 0.3) is 0 Å². The molecular weight excluding hydrogens is 380 g/mol. The van der Waals surface area contributed by atoms with Crippen LogP contribution in [0.3, 0.4) is 0 Å². The molecule has 1 aromatic carbocycles. The Kier molecular flexibility index (Phi) is 6.97. The molecular formula is C24H30N2O2S. The average Bonchev–Trinajstić information content (AvgIpc) is 3.08. The Bertz CT molecular complexity index is 891. The summed E-state index contributed by atoms with van der Waals surface area (Å²) in [4.78, 5) is 13.6. The highest BCUT2D eigenvalue weighted by atomic mass is 32.1. The first kappa shape index (κ1) is 21.4. The number of fused-ring (bicyclic) bond motifs is 1. The molecule has 3 rings (SSSR count). The Morgan fingerprint density at radius 3 is 2.66 bits per heavy atom. The summed E-state index contributed by atoms with van der Waals surface area (Å²) in [5.74, 6) is 0.780. The summed E-state index contributed by atoms with van der Waals surface area (Å²) < 4.78 is 5.79. The fourth-order valence-electron chi connectivity index (χ4n) is 3.59. The van der Waals surface area contributed by atoms with Gasteiger partial charge in [-0.25, -0.2) is 0 Å². The third kappa shape index (κ3) is 5.19. The van der Waals surface area contributed by atoms with Crippen LogP contribution in [0.1, 0.15) is 74.4 Å². The van der Waals surface area contributed by atoms with Gasteiger partial charge in [0.1, 0.15) is 16.8 Å². The highest BCUT2D eigenvalue weighted by Crippen LogP contribution is 2.37. The van der Waals surface area contributed by atoms with E-state index in [0.717, 1.165) is 42.0 Å². The maximum atomic E-state index is 12.3. The number of nitrogens with zero attached hydrogens (tertiary/aromatic N) is 1. The van der Waals surface area contributed by atoms with Gasteiger partial charge in [0.25, 0.3) is 0 Å². The number of carbonyl (C=O) groups is 1. The number of ether oxygens (including phenoxy) is 1. The third-order valence-corrected chi connectivity index (χ3v) is 7.08. The summed E-state index contributed by atoms with van der Waals surface area (Å²) in [5.41, 5.74) is 3.29. The molecule has 1 heterocycles. The molecule has 0 spiro atoms. The molecule has 29 heavy (non-hydrogen) atoms. The van der Waals surface area contributed by atoms with E-state index < -0.39 is 0 Å². The van der Waals surface area contributed by atoms with Crippen molar-refractivity contribution in [2.24, 2.45) is 0 Å². The van der Waals surface area contributed by atoms with E-state index in [1.54, 1.807) is 11.3 Å². The van der Waals surface area contributed by atoms with Crippen molar-refractivity contribution in [1.29, 1.82) is 5.26 Å². The highest BCUT2D eigenvalue weighted by Gasteiger charge is 2.21. The number of aryl methyl sites for hydroxylation is 1. The van der Waals surface area contributed by atoms with Crippen LogP contribution >= 0.6 is 11.3 Å². The zero-order chi connectivity index (χ0) is 20.9. The molecule has 0 unspecified atom stereocenters. The number of hydrogen-bond donors (Lipinski definition) is 1. The summed E-state index contributed by atoms with van der Waals surface area (Å²) in [7, 11) is 0. The molecule has 0 saturated carbocycles. The molecule has 1 aliphatic carbocycles. The van der Waals surface area contributed by atoms with Gasteiger partial charge >= 0.3 is 0 Å². The first-order chi connectivity index (χ1) is 13.9. The molecule has 0 radical (unpaired) electrons. The van der Waals surface area contributed by atoms with Crippen molar-refractivity contribution in [2.75, 3.05) is 11.9 Å². The second-order valence-electron chi connectivity index (χ2n) is 8.29. The molecule has 1 aliphatic rings. The molecule has 0 fully saturated rings. The Hall–Kier alpha value is -2.32. The van der Waals surface area contributed by atoms with Crippen molar-refractivity contribution in [3.8, 4) is 11.8 Å². The van der Waals surface area contributed by atoms with Crippen molar-refractivity contribution >= 4 is 22.2 Å². The smallest absolute Gasteiger partial charge is 0.225 e. The number of carbonyl (C=O) groups excluding carboxylic acids is 1. The molecule has 5 heteroatoms. The first-order valence-electron chi connectivity index (χ1n) is 10.5. The van der Waals surface area contributed by atoms with E-state index in [9.17, 15) is 10.1 Å². The summed E-state index contributed by atoms with van der Waals surface area (Å²) in [6.45, 7) is 7.17. The van der Waals surface area contributed by atoms with Gasteiger partial charge in [0.2, 0.25) is 5.91 Å². The lowest BCUT2D eigenvalue weighted by Gasteiger charge is -2.23. The Labute approximate surface area is 177 Å². The van der Waals surface area contributed by atoms with Gasteiger partial charge in [-0.15, -0.1) is 11.3 Å². The van der Waals surface area contributed by atoms with E-state index in [-0.39, 0.29) is 11.3 Å². The molecule has 1 aromatic heterocycles. The third-order valence-electron chi connectivity index (χ3n) is 5.87. The lowest BCUT2D eigenvalue weighted by molar-refractivity contribution is -0.116. The summed E-state index contributed by atoms with van der Waals surface area (Å²) >= 11 is 1.57. The summed E-state index contributed by atoms with van der Waals surface area (Å²) in [5, 5.41) is 13.2. The minimum atomic E-state index is -0.0521. The number of amides is 1. The van der Waals surface area contributed by atoms with E-state index in [4.69, 9.17) is 4.74 Å². The minimum absolute atomic E-state index is 0.0521. The molecule has 4 nitrogen and oxygen atoms in total. The van der Waals surface area contributed by atoms with Crippen molar-refractivity contribution < 1.29 is 9.53 Å². The van der Waals surface area contributed by atoms with Gasteiger partial charge in [-0.05, 0) is 67.2 Å². The second-order valence-corrected chi connectivity index (χ2v) is 9.39. The predicted octanol–water partition coefficient (Wildman–Crippen LogP) is 5.98. The fraction of sp³-hybridized carbons (Fsp3) is 0.500. The van der Waals surface area contributed by atoms with E-state index in [1.807, 2.05) is 12.1 Å². The number of benzene rings is 1. The number of rotatable bonds is 8. The number of thiophene rings is 1. The predicted molar refractivity (Wildman–Crippen MR) is 119 cm³/mol. The number of nitriles is 1. The van der Waals surface area contributed by atoms with Crippen molar-refractivity contribution in [2.45, 2.75) is 71.1 Å². The number of nitrogens with one attached hydrogen (secondary N) is 1. The maximum absolute atomic E-state index is 12.3. The van der Waals surface area contributed by atoms with Crippen molar-refractivity contribution in [1.82, 2.24) is 0 Å². The van der Waals surface area contributed by atoms with Gasteiger partial charge in [0.05, 0.1) is 12.2 Å². The second kappa shape index (κ2) is 9.45. The zero-order valence-electron chi connectivity index (χ0n) is 17.6. The van der Waals surface area contributed by atoms with Gasteiger partial charge in [-0.1, -0.05) is 32.9 Å². The lowest BCUT2D eigenvalue weighted by Crippen LogP contribution is -2.15. The van der Waals surface area contributed by atoms with Crippen LogP contribution in [-0.2, 0) is 23.1 Å². The van der Waals surface area contributed by atoms with Gasteiger partial charge in [-0.2, -0.15) is 5.26 Å². The van der Waals surface area contributed by atoms with E-state index in [2.05, 4.69) is 44.3 Å². The normalized spacial score (nSPS) is 13.4. The molecule has 2 aromatic rings. The largest absolute Gasteiger partial charge is 0.494 e. The van der Waals surface area contributed by atoms with Crippen LogP contribution in [0.15, 0.2) is 24.3 Å². The quantitative estimate of drug-likeness (QED) is 0.544. The van der Waals surface area contributed by atoms with Crippen LogP contribution in [-0.4, -0.2) is 12.5 Å². The maximum Gasteiger partial charge on any atom is 0.225 e. The van der Waals surface area contributed by atoms with Crippen LogP contribution < -0.4 is 10.1 Å². The molecule has 1 amide bonds. The average molecular weight is 411 g/mol. The summed E-state index contributed by atoms with van der Waals surface area (Å²) in [6, 6.07) is 10.5. The van der Waals surface area contributed by atoms with E-state index >= 15 is 0 Å². The molecule has 0 atom stereocenters. The lowest BCUT2D eigenvalue weighted by atomic mass is 9.82. The Balaban J connectivity index is 1.46. The van der Waals surface area contributed by atoms with Gasteiger partial charge in [-0.3, -0.25) is 4.79 Å². The SMILES string of the molecule is CCC(C)(C)c1ccc(OCCCC(=O)Nc2sc3c(c2C#N)CCCC3)cc1. The van der Waals surface area contributed by atoms with Crippen LogP contribution in [0.4, 0.5) is 5.00 Å². The topological polar surface area (TPSA) is 62.1 Å². The minimum Gasteiger partial charge on any atom is -0.494 e. The number of anilines is 1. The molecule has 0 saturated heterocycles. The molecule has 154 valence electrons. The van der Waals surface area contributed by atoms with Crippen LogP contribution in [0.2, 0.25) is 0 Å². The zero-order valence-corrected chi connectivity index (χ0v) is 18.5. The van der Waals surface area contributed by atoms with E-state index in [0.29, 0.717) is 25.0 Å². The first-order valence-corrected chi connectivity index (χ1v) is 11.3. The van der Waals surface area contributed by atoms with Gasteiger partial charge in [0, 0.05) is 11.3 Å². The fourth-order valence-corrected chi connectivity index (χ4v) is 4.85. The molecule has 0 bridgehead atoms.